The highest BCUT2D eigenvalue weighted by Crippen LogP contribution is 2.21. The van der Waals surface area contributed by atoms with Gasteiger partial charge in [-0.2, -0.15) is 0 Å². The number of hydrogen-bond acceptors (Lipinski definition) is 5. The molecule has 0 fully saturated rings. The second kappa shape index (κ2) is 5.58. The van der Waals surface area contributed by atoms with Crippen LogP contribution in [0, 0.1) is 10.1 Å². The number of aromatic nitrogens is 1. The number of aliphatic hydroxyl groups is 1. The van der Waals surface area contributed by atoms with Gasteiger partial charge in [0.25, 0.3) is 5.69 Å². The Kier molecular flexibility index (Phi) is 4.39. The van der Waals surface area contributed by atoms with Gasteiger partial charge < -0.3 is 10.4 Å². The average Bonchev–Trinajstić information content (AvgIpc) is 2.37. The largest absolute Gasteiger partial charge is 0.394 e. The maximum Gasteiger partial charge on any atom is 0.287 e. The van der Waals surface area contributed by atoms with E-state index in [2.05, 4.69) is 10.3 Å². The molecule has 0 aromatic carbocycles. The van der Waals surface area contributed by atoms with E-state index in [9.17, 15) is 15.2 Å². The third kappa shape index (κ3) is 3.13. The first-order chi connectivity index (χ1) is 8.06. The molecule has 94 valence electrons. The molecule has 6 heteroatoms. The van der Waals surface area contributed by atoms with E-state index in [0.717, 1.165) is 12.8 Å². The number of nitrogens with zero attached hydrogens (tertiary/aromatic N) is 2. The molecule has 0 spiro atoms. The molecule has 0 saturated carbocycles. The minimum Gasteiger partial charge on any atom is -0.394 e. The highest BCUT2D eigenvalue weighted by atomic mass is 16.6. The lowest BCUT2D eigenvalue weighted by molar-refractivity contribution is -0.385. The van der Waals surface area contributed by atoms with Gasteiger partial charge in [-0.15, -0.1) is 0 Å². The first kappa shape index (κ1) is 13.4. The number of pyridine rings is 1. The van der Waals surface area contributed by atoms with Crippen molar-refractivity contribution < 1.29 is 10.0 Å². The molecule has 1 heterocycles. The van der Waals surface area contributed by atoms with Crippen molar-refractivity contribution in [3.8, 4) is 0 Å². The summed E-state index contributed by atoms with van der Waals surface area (Å²) in [4.78, 5) is 13.9. The summed E-state index contributed by atoms with van der Waals surface area (Å²) in [6.45, 7) is 3.94. The summed E-state index contributed by atoms with van der Waals surface area (Å²) < 4.78 is 0. The van der Waals surface area contributed by atoms with Gasteiger partial charge in [-0.3, -0.25) is 10.1 Å². The standard InChI is InChI=1S/C11H17N3O3/c1-3-11(4-2,8-15)13-10-6-5-9(7-12-10)14(16)17/h5-7,15H,3-4,8H2,1-2H3,(H,12,13). The van der Waals surface area contributed by atoms with Crippen LogP contribution in [0.5, 0.6) is 0 Å². The van der Waals surface area contributed by atoms with Gasteiger partial charge >= 0.3 is 0 Å². The molecule has 0 bridgehead atoms. The van der Waals surface area contributed by atoms with Crippen LogP contribution in [-0.4, -0.2) is 27.2 Å². The Hall–Kier alpha value is -1.69. The molecule has 0 atom stereocenters. The van der Waals surface area contributed by atoms with Crippen molar-refractivity contribution in [3.05, 3.63) is 28.4 Å². The van der Waals surface area contributed by atoms with Crippen molar-refractivity contribution in [2.24, 2.45) is 0 Å². The lowest BCUT2D eigenvalue weighted by Crippen LogP contribution is -2.41. The first-order valence-electron chi connectivity index (χ1n) is 5.56. The maximum absolute atomic E-state index is 10.5. The molecule has 0 aliphatic heterocycles. The molecular weight excluding hydrogens is 222 g/mol. The molecule has 17 heavy (non-hydrogen) atoms. The molecule has 0 aliphatic carbocycles. The first-order valence-corrected chi connectivity index (χ1v) is 5.56. The summed E-state index contributed by atoms with van der Waals surface area (Å²) in [5.74, 6) is 0.536. The van der Waals surface area contributed by atoms with E-state index in [-0.39, 0.29) is 12.3 Å². The summed E-state index contributed by atoms with van der Waals surface area (Å²) in [6.07, 6.45) is 2.70. The van der Waals surface area contributed by atoms with Gasteiger partial charge in [0.05, 0.1) is 17.1 Å². The monoisotopic (exact) mass is 239 g/mol. The van der Waals surface area contributed by atoms with Gasteiger partial charge in [0.15, 0.2) is 0 Å². The zero-order valence-electron chi connectivity index (χ0n) is 10.0. The topological polar surface area (TPSA) is 88.3 Å². The Morgan fingerprint density at radius 3 is 2.47 bits per heavy atom. The number of hydrogen-bond donors (Lipinski definition) is 2. The minimum atomic E-state index is -0.490. The zero-order valence-corrected chi connectivity index (χ0v) is 10.0. The third-order valence-electron chi connectivity index (χ3n) is 3.01. The summed E-state index contributed by atoms with van der Waals surface area (Å²) in [5, 5.41) is 23.0. The number of nitro groups is 1. The summed E-state index contributed by atoms with van der Waals surface area (Å²) >= 11 is 0. The second-order valence-electron chi connectivity index (χ2n) is 3.93. The smallest absolute Gasteiger partial charge is 0.287 e. The van der Waals surface area contributed by atoms with Crippen molar-refractivity contribution in [1.29, 1.82) is 0 Å². The van der Waals surface area contributed by atoms with Crippen LogP contribution in [0.1, 0.15) is 26.7 Å². The van der Waals surface area contributed by atoms with Crippen LogP contribution in [-0.2, 0) is 0 Å². The van der Waals surface area contributed by atoms with Crippen molar-refractivity contribution in [3.63, 3.8) is 0 Å². The molecule has 6 nitrogen and oxygen atoms in total. The van der Waals surface area contributed by atoms with Gasteiger partial charge in [-0.1, -0.05) is 13.8 Å². The van der Waals surface area contributed by atoms with Crippen LogP contribution in [0.4, 0.5) is 11.5 Å². The molecule has 0 aliphatic rings. The van der Waals surface area contributed by atoms with Gasteiger partial charge in [0.1, 0.15) is 12.0 Å². The Labute approximate surface area is 99.8 Å². The van der Waals surface area contributed by atoms with E-state index >= 15 is 0 Å². The Bertz CT molecular complexity index is 366. The normalized spacial score (nSPS) is 11.2. The van der Waals surface area contributed by atoms with E-state index in [1.165, 1.54) is 12.3 Å². The van der Waals surface area contributed by atoms with Crippen LogP contribution in [0.3, 0.4) is 0 Å². The molecular formula is C11H17N3O3. The van der Waals surface area contributed by atoms with Crippen molar-refractivity contribution in [2.45, 2.75) is 32.2 Å². The number of rotatable bonds is 6. The molecule has 0 radical (unpaired) electrons. The molecule has 0 unspecified atom stereocenters. The fraction of sp³-hybridized carbons (Fsp3) is 0.545. The van der Waals surface area contributed by atoms with Gasteiger partial charge in [-0.25, -0.2) is 4.98 Å². The molecule has 1 aromatic heterocycles. The van der Waals surface area contributed by atoms with E-state index in [4.69, 9.17) is 0 Å². The Morgan fingerprint density at radius 1 is 1.47 bits per heavy atom. The quantitative estimate of drug-likeness (QED) is 0.585. The lowest BCUT2D eigenvalue weighted by atomic mass is 9.94. The Morgan fingerprint density at radius 2 is 2.12 bits per heavy atom. The van der Waals surface area contributed by atoms with Crippen LogP contribution < -0.4 is 5.32 Å². The zero-order chi connectivity index (χ0) is 12.9. The number of aliphatic hydroxyl groups excluding tert-OH is 1. The maximum atomic E-state index is 10.5. The minimum absolute atomic E-state index is 0.00132. The van der Waals surface area contributed by atoms with E-state index in [1.807, 2.05) is 13.8 Å². The number of anilines is 1. The van der Waals surface area contributed by atoms with Crippen molar-refractivity contribution >= 4 is 11.5 Å². The van der Waals surface area contributed by atoms with E-state index < -0.39 is 10.5 Å². The highest BCUT2D eigenvalue weighted by Gasteiger charge is 2.25. The predicted molar refractivity (Wildman–Crippen MR) is 64.9 cm³/mol. The summed E-state index contributed by atoms with van der Waals surface area (Å²) in [5.41, 5.74) is -0.457. The summed E-state index contributed by atoms with van der Waals surface area (Å²) in [7, 11) is 0. The summed E-state index contributed by atoms with van der Waals surface area (Å²) in [6, 6.07) is 2.94. The highest BCUT2D eigenvalue weighted by molar-refractivity contribution is 5.42. The van der Waals surface area contributed by atoms with E-state index in [1.54, 1.807) is 6.07 Å². The Balaban J connectivity index is 2.84. The fourth-order valence-electron chi connectivity index (χ4n) is 1.53. The second-order valence-corrected chi connectivity index (χ2v) is 3.93. The average molecular weight is 239 g/mol. The van der Waals surface area contributed by atoms with Crippen LogP contribution in [0.2, 0.25) is 0 Å². The van der Waals surface area contributed by atoms with Crippen molar-refractivity contribution in [1.82, 2.24) is 4.98 Å². The lowest BCUT2D eigenvalue weighted by Gasteiger charge is -2.31. The molecule has 0 amide bonds. The predicted octanol–water partition coefficient (Wildman–Crippen LogP) is 1.95. The van der Waals surface area contributed by atoms with Gasteiger partial charge in [-0.05, 0) is 18.9 Å². The van der Waals surface area contributed by atoms with Crippen LogP contribution in [0.15, 0.2) is 18.3 Å². The molecule has 0 saturated heterocycles. The van der Waals surface area contributed by atoms with Crippen LogP contribution in [0.25, 0.3) is 0 Å². The van der Waals surface area contributed by atoms with Crippen molar-refractivity contribution in [2.75, 3.05) is 11.9 Å². The van der Waals surface area contributed by atoms with Crippen LogP contribution >= 0.6 is 0 Å². The van der Waals surface area contributed by atoms with Gasteiger partial charge in [0, 0.05) is 6.07 Å². The SMILES string of the molecule is CCC(CC)(CO)Nc1ccc([N+](=O)[O-])cn1. The molecule has 2 N–H and O–H groups in total. The van der Waals surface area contributed by atoms with Gasteiger partial charge in [0.2, 0.25) is 0 Å². The molecule has 1 rings (SSSR count). The number of nitrogens with one attached hydrogen (secondary N) is 1. The third-order valence-corrected chi connectivity index (χ3v) is 3.01. The van der Waals surface area contributed by atoms with E-state index in [0.29, 0.717) is 5.82 Å². The molecule has 1 aromatic rings. The fourth-order valence-corrected chi connectivity index (χ4v) is 1.53.